The van der Waals surface area contributed by atoms with Crippen LogP contribution in [0.2, 0.25) is 0 Å². The normalized spacial score (nSPS) is 20.8. The van der Waals surface area contributed by atoms with Crippen molar-refractivity contribution in [2.24, 2.45) is 11.3 Å². The molecule has 5 nitrogen and oxygen atoms in total. The van der Waals surface area contributed by atoms with E-state index in [2.05, 4.69) is 0 Å². The highest BCUT2D eigenvalue weighted by Crippen LogP contribution is 2.52. The number of hydrogen-bond acceptors (Lipinski definition) is 3. The third-order valence-corrected chi connectivity index (χ3v) is 3.41. The Morgan fingerprint density at radius 2 is 1.68 bits per heavy atom. The van der Waals surface area contributed by atoms with Gasteiger partial charge in [0, 0.05) is 18.5 Å². The molecule has 0 aromatic rings. The van der Waals surface area contributed by atoms with Crippen LogP contribution in [0.1, 0.15) is 47.5 Å². The van der Waals surface area contributed by atoms with Gasteiger partial charge in [-0.05, 0) is 33.6 Å². The zero-order valence-electron chi connectivity index (χ0n) is 12.5. The van der Waals surface area contributed by atoms with E-state index in [-0.39, 0.29) is 17.4 Å². The van der Waals surface area contributed by atoms with E-state index in [0.717, 1.165) is 0 Å². The van der Waals surface area contributed by atoms with Crippen molar-refractivity contribution in [2.75, 3.05) is 13.1 Å². The van der Waals surface area contributed by atoms with Crippen LogP contribution in [0.15, 0.2) is 0 Å². The van der Waals surface area contributed by atoms with E-state index < -0.39 is 11.6 Å². The van der Waals surface area contributed by atoms with Crippen LogP contribution < -0.4 is 0 Å². The topological polar surface area (TPSA) is 66.8 Å². The summed E-state index contributed by atoms with van der Waals surface area (Å²) in [7, 11) is 0. The summed E-state index contributed by atoms with van der Waals surface area (Å²) in [6.07, 6.45) is 1.10. The maximum atomic E-state index is 11.7. The molecule has 0 bridgehead atoms. The lowest BCUT2D eigenvalue weighted by Gasteiger charge is -2.57. The molecule has 1 aliphatic carbocycles. The van der Waals surface area contributed by atoms with Gasteiger partial charge in [0.1, 0.15) is 5.60 Å². The number of carbonyl (C=O) groups excluding carboxylic acids is 1. The lowest BCUT2D eigenvalue weighted by atomic mass is 9.58. The van der Waals surface area contributed by atoms with Crippen molar-refractivity contribution in [3.05, 3.63) is 0 Å². The second kappa shape index (κ2) is 5.39. The standard InChI is InChI=1S/C12H19NO4.C2H6/c1-11(2,3)17-10(16)13-6-12(7-13)4-8(5-12)9(14)15;1-2/h8H,4-7H2,1-3H3,(H,14,15);1-2H3. The monoisotopic (exact) mass is 271 g/mol. The van der Waals surface area contributed by atoms with E-state index in [1.807, 2.05) is 34.6 Å². The number of carboxylic acid groups (broad SMARTS) is 1. The Kier molecular flexibility index (Phi) is 4.48. The molecule has 0 unspecified atom stereocenters. The highest BCUT2D eigenvalue weighted by atomic mass is 16.6. The van der Waals surface area contributed by atoms with Gasteiger partial charge in [-0.3, -0.25) is 4.79 Å². The minimum absolute atomic E-state index is 0.0694. The van der Waals surface area contributed by atoms with Crippen molar-refractivity contribution in [1.82, 2.24) is 4.90 Å². The van der Waals surface area contributed by atoms with Gasteiger partial charge in [0.25, 0.3) is 0 Å². The average Bonchev–Trinajstić information content (AvgIpc) is 2.12. The Balaban J connectivity index is 0.000000861. The van der Waals surface area contributed by atoms with Crippen LogP contribution in [0.3, 0.4) is 0 Å². The Morgan fingerprint density at radius 3 is 2.05 bits per heavy atom. The molecular formula is C14H25NO4. The van der Waals surface area contributed by atoms with Gasteiger partial charge in [-0.25, -0.2) is 4.79 Å². The molecule has 2 rings (SSSR count). The molecule has 110 valence electrons. The van der Waals surface area contributed by atoms with Crippen LogP contribution in [0.4, 0.5) is 4.79 Å². The number of ether oxygens (including phenoxy) is 1. The predicted molar refractivity (Wildman–Crippen MR) is 71.9 cm³/mol. The second-order valence-corrected chi connectivity index (χ2v) is 6.28. The average molecular weight is 271 g/mol. The highest BCUT2D eigenvalue weighted by Gasteiger charge is 2.56. The quantitative estimate of drug-likeness (QED) is 0.796. The third kappa shape index (κ3) is 3.61. The minimum atomic E-state index is -0.716. The number of hydrogen-bond donors (Lipinski definition) is 1. The van der Waals surface area contributed by atoms with Crippen molar-refractivity contribution in [2.45, 2.75) is 53.1 Å². The summed E-state index contributed by atoms with van der Waals surface area (Å²) in [5, 5.41) is 8.81. The van der Waals surface area contributed by atoms with Crippen LogP contribution in [0.5, 0.6) is 0 Å². The van der Waals surface area contributed by atoms with Gasteiger partial charge in [-0.15, -0.1) is 0 Å². The van der Waals surface area contributed by atoms with E-state index in [9.17, 15) is 9.59 Å². The lowest BCUT2D eigenvalue weighted by molar-refractivity contribution is -0.159. The Labute approximate surface area is 114 Å². The Hall–Kier alpha value is -1.26. The number of aliphatic carboxylic acids is 1. The van der Waals surface area contributed by atoms with Gasteiger partial charge in [0.15, 0.2) is 0 Å². The van der Waals surface area contributed by atoms with E-state index >= 15 is 0 Å². The summed E-state index contributed by atoms with van der Waals surface area (Å²) < 4.78 is 5.25. The first-order valence-electron chi connectivity index (χ1n) is 6.92. The molecule has 19 heavy (non-hydrogen) atoms. The summed E-state index contributed by atoms with van der Waals surface area (Å²) in [5.74, 6) is -0.929. The van der Waals surface area contributed by atoms with Crippen molar-refractivity contribution in [3.63, 3.8) is 0 Å². The first kappa shape index (κ1) is 15.8. The fourth-order valence-electron chi connectivity index (χ4n) is 2.64. The van der Waals surface area contributed by atoms with Gasteiger partial charge in [-0.1, -0.05) is 13.8 Å². The fourth-order valence-corrected chi connectivity index (χ4v) is 2.64. The van der Waals surface area contributed by atoms with Gasteiger partial charge >= 0.3 is 12.1 Å². The number of likely N-dealkylation sites (tertiary alicyclic amines) is 1. The molecule has 1 saturated heterocycles. The largest absolute Gasteiger partial charge is 0.481 e. The molecular weight excluding hydrogens is 246 g/mol. The molecule has 1 aliphatic heterocycles. The SMILES string of the molecule is CC.CC(C)(C)OC(=O)N1CC2(CC(C(=O)O)C2)C1. The second-order valence-electron chi connectivity index (χ2n) is 6.28. The van der Waals surface area contributed by atoms with E-state index in [1.54, 1.807) is 4.90 Å². The van der Waals surface area contributed by atoms with Gasteiger partial charge < -0.3 is 14.7 Å². The molecule has 0 atom stereocenters. The first-order chi connectivity index (χ1) is 8.71. The molecule has 1 N–H and O–H groups in total. The summed E-state index contributed by atoms with van der Waals surface area (Å²) in [5.41, 5.74) is -0.400. The molecule has 1 spiro atoms. The first-order valence-corrected chi connectivity index (χ1v) is 6.92. The summed E-state index contributed by atoms with van der Waals surface area (Å²) in [6.45, 7) is 10.8. The number of nitrogens with zero attached hydrogens (tertiary/aromatic N) is 1. The van der Waals surface area contributed by atoms with Crippen LogP contribution in [0.25, 0.3) is 0 Å². The zero-order valence-corrected chi connectivity index (χ0v) is 12.5. The smallest absolute Gasteiger partial charge is 0.410 e. The van der Waals surface area contributed by atoms with Crippen LogP contribution in [-0.2, 0) is 9.53 Å². The Bertz CT molecular complexity index is 345. The summed E-state index contributed by atoms with van der Waals surface area (Å²) >= 11 is 0. The van der Waals surface area contributed by atoms with Crippen LogP contribution in [0, 0.1) is 11.3 Å². The van der Waals surface area contributed by atoms with E-state index in [4.69, 9.17) is 9.84 Å². The number of rotatable bonds is 1. The molecule has 1 heterocycles. The minimum Gasteiger partial charge on any atom is -0.481 e. The molecule has 0 aromatic heterocycles. The van der Waals surface area contributed by atoms with Crippen LogP contribution >= 0.6 is 0 Å². The van der Waals surface area contributed by atoms with Crippen molar-refractivity contribution < 1.29 is 19.4 Å². The lowest BCUT2D eigenvalue weighted by Crippen LogP contribution is -2.65. The van der Waals surface area contributed by atoms with E-state index in [1.165, 1.54) is 0 Å². The maximum absolute atomic E-state index is 11.7. The summed E-state index contributed by atoms with van der Waals surface area (Å²) in [6, 6.07) is 0. The van der Waals surface area contributed by atoms with E-state index in [0.29, 0.717) is 25.9 Å². The molecule has 2 fully saturated rings. The number of carboxylic acids is 1. The predicted octanol–water partition coefficient (Wildman–Crippen LogP) is 2.74. The summed E-state index contributed by atoms with van der Waals surface area (Å²) in [4.78, 5) is 24.0. The molecule has 0 aromatic carbocycles. The van der Waals surface area contributed by atoms with Gasteiger partial charge in [-0.2, -0.15) is 0 Å². The maximum Gasteiger partial charge on any atom is 0.410 e. The van der Waals surface area contributed by atoms with Gasteiger partial charge in [0.05, 0.1) is 5.92 Å². The highest BCUT2D eigenvalue weighted by molar-refractivity contribution is 5.73. The van der Waals surface area contributed by atoms with Crippen molar-refractivity contribution >= 4 is 12.1 Å². The van der Waals surface area contributed by atoms with Crippen LogP contribution in [-0.4, -0.2) is 40.8 Å². The Morgan fingerprint density at radius 1 is 1.21 bits per heavy atom. The molecule has 2 aliphatic rings. The third-order valence-electron chi connectivity index (χ3n) is 3.41. The molecule has 0 radical (unpaired) electrons. The fraction of sp³-hybridized carbons (Fsp3) is 0.857. The molecule has 1 saturated carbocycles. The number of carbonyl (C=O) groups is 2. The van der Waals surface area contributed by atoms with Crippen molar-refractivity contribution in [3.8, 4) is 0 Å². The van der Waals surface area contributed by atoms with Crippen molar-refractivity contribution in [1.29, 1.82) is 0 Å². The molecule has 1 amide bonds. The number of amides is 1. The van der Waals surface area contributed by atoms with Gasteiger partial charge in [0.2, 0.25) is 0 Å². The molecule has 5 heteroatoms. The zero-order chi connectivity index (χ0) is 14.8.